The molecular weight excluding hydrogens is 320 g/mol. The smallest absolute Gasteiger partial charge is 0.200 e. The molecule has 4 nitrogen and oxygen atoms in total. The van der Waals surface area contributed by atoms with Crippen LogP contribution < -0.4 is 0 Å². The van der Waals surface area contributed by atoms with Crippen LogP contribution in [-0.4, -0.2) is 16.8 Å². The molecule has 0 atom stereocenters. The number of hydrogen-bond acceptors (Lipinski definition) is 4. The van der Waals surface area contributed by atoms with Gasteiger partial charge in [-0.25, -0.2) is 16.8 Å². The SMILES string of the molecule is C=CS(=O)(=O)c1ccc(-c2[c]cccc2)cc1S(=O)(=O)C=C. The quantitative estimate of drug-likeness (QED) is 0.843. The van der Waals surface area contributed by atoms with E-state index in [0.717, 1.165) is 10.8 Å². The van der Waals surface area contributed by atoms with Crippen molar-refractivity contribution in [3.63, 3.8) is 0 Å². The van der Waals surface area contributed by atoms with Crippen LogP contribution in [0.15, 0.2) is 76.2 Å². The molecular formula is C16H13O4S2. The fourth-order valence-electron chi connectivity index (χ4n) is 1.89. The lowest BCUT2D eigenvalue weighted by molar-refractivity contribution is 0.592. The summed E-state index contributed by atoms with van der Waals surface area (Å²) in [6.45, 7) is 6.47. The van der Waals surface area contributed by atoms with Crippen LogP contribution in [0, 0.1) is 6.07 Å². The van der Waals surface area contributed by atoms with Crippen molar-refractivity contribution >= 4 is 19.7 Å². The summed E-state index contributed by atoms with van der Waals surface area (Å²) in [4.78, 5) is -0.640. The van der Waals surface area contributed by atoms with Crippen molar-refractivity contribution in [3.8, 4) is 11.1 Å². The summed E-state index contributed by atoms with van der Waals surface area (Å²) in [6.07, 6.45) is 0. The fraction of sp³-hybridized carbons (Fsp3) is 0. The summed E-state index contributed by atoms with van der Waals surface area (Å²) in [7, 11) is -7.82. The molecule has 0 heterocycles. The van der Waals surface area contributed by atoms with Crippen molar-refractivity contribution in [3.05, 3.63) is 72.5 Å². The summed E-state index contributed by atoms with van der Waals surface area (Å²) < 4.78 is 48.3. The Kier molecular flexibility index (Phi) is 4.35. The molecule has 0 N–H and O–H groups in total. The molecule has 2 aromatic rings. The first-order valence-corrected chi connectivity index (χ1v) is 9.27. The second-order valence-corrected chi connectivity index (χ2v) is 8.09. The highest BCUT2D eigenvalue weighted by Gasteiger charge is 2.23. The first kappa shape index (κ1) is 16.2. The van der Waals surface area contributed by atoms with E-state index in [2.05, 4.69) is 19.2 Å². The second kappa shape index (κ2) is 5.90. The number of hydrogen-bond donors (Lipinski definition) is 0. The number of sulfone groups is 2. The average molecular weight is 333 g/mol. The van der Waals surface area contributed by atoms with E-state index < -0.39 is 19.7 Å². The van der Waals surface area contributed by atoms with Crippen LogP contribution in [0.25, 0.3) is 11.1 Å². The third-order valence-electron chi connectivity index (χ3n) is 3.02. The van der Waals surface area contributed by atoms with E-state index in [-0.39, 0.29) is 9.79 Å². The van der Waals surface area contributed by atoms with Crippen LogP contribution in [0.5, 0.6) is 0 Å². The maximum atomic E-state index is 12.1. The maximum absolute atomic E-state index is 12.1. The van der Waals surface area contributed by atoms with E-state index in [4.69, 9.17) is 0 Å². The molecule has 22 heavy (non-hydrogen) atoms. The molecule has 2 rings (SSSR count). The van der Waals surface area contributed by atoms with E-state index in [1.807, 2.05) is 0 Å². The second-order valence-electron chi connectivity index (χ2n) is 4.36. The third kappa shape index (κ3) is 3.03. The minimum Gasteiger partial charge on any atom is -0.219 e. The van der Waals surface area contributed by atoms with Crippen molar-refractivity contribution in [2.45, 2.75) is 9.79 Å². The Balaban J connectivity index is 2.81. The van der Waals surface area contributed by atoms with Crippen LogP contribution in [0.1, 0.15) is 0 Å². The van der Waals surface area contributed by atoms with Crippen molar-refractivity contribution in [2.75, 3.05) is 0 Å². The normalized spacial score (nSPS) is 11.8. The van der Waals surface area contributed by atoms with Gasteiger partial charge < -0.3 is 0 Å². The van der Waals surface area contributed by atoms with Gasteiger partial charge in [-0.1, -0.05) is 43.5 Å². The number of rotatable bonds is 5. The Morgan fingerprint density at radius 3 is 2.05 bits per heavy atom. The van der Waals surface area contributed by atoms with E-state index in [9.17, 15) is 16.8 Å². The fourth-order valence-corrected chi connectivity index (χ4v) is 4.18. The predicted molar refractivity (Wildman–Crippen MR) is 85.5 cm³/mol. The minimum absolute atomic E-state index is 0.318. The molecule has 1 radical (unpaired) electrons. The maximum Gasteiger partial charge on any atom is 0.200 e. The van der Waals surface area contributed by atoms with Gasteiger partial charge in [-0.3, -0.25) is 0 Å². The van der Waals surface area contributed by atoms with Crippen LogP contribution >= 0.6 is 0 Å². The molecule has 0 spiro atoms. The van der Waals surface area contributed by atoms with Gasteiger partial charge in [0.2, 0.25) is 19.7 Å². The molecule has 0 bridgehead atoms. The Morgan fingerprint density at radius 2 is 1.50 bits per heavy atom. The molecule has 0 aromatic heterocycles. The zero-order valence-corrected chi connectivity index (χ0v) is 13.2. The molecule has 0 aliphatic heterocycles. The Bertz CT molecular complexity index is 925. The Hall–Kier alpha value is -2.18. The van der Waals surface area contributed by atoms with Gasteiger partial charge in [0.15, 0.2) is 0 Å². The average Bonchev–Trinajstić information content (AvgIpc) is 2.55. The molecule has 0 aliphatic rings. The first-order valence-electron chi connectivity index (χ1n) is 6.18. The minimum atomic E-state index is -3.93. The van der Waals surface area contributed by atoms with Crippen molar-refractivity contribution in [1.82, 2.24) is 0 Å². The summed E-state index contributed by atoms with van der Waals surface area (Å²) in [5.41, 5.74) is 1.20. The van der Waals surface area contributed by atoms with Gasteiger partial charge in [-0.05, 0) is 29.3 Å². The molecule has 0 fully saturated rings. The van der Waals surface area contributed by atoms with E-state index in [0.29, 0.717) is 11.1 Å². The topological polar surface area (TPSA) is 68.3 Å². The van der Waals surface area contributed by atoms with Crippen LogP contribution in [0.4, 0.5) is 0 Å². The predicted octanol–water partition coefficient (Wildman–Crippen LogP) is 2.99. The molecule has 2 aromatic carbocycles. The monoisotopic (exact) mass is 333 g/mol. The summed E-state index contributed by atoms with van der Waals surface area (Å²) in [5.74, 6) is 0. The lowest BCUT2D eigenvalue weighted by Gasteiger charge is -2.09. The lowest BCUT2D eigenvalue weighted by Crippen LogP contribution is -2.06. The Labute approximate surface area is 130 Å². The highest BCUT2D eigenvalue weighted by molar-refractivity contribution is 7.97. The first-order chi connectivity index (χ1) is 10.3. The van der Waals surface area contributed by atoms with Gasteiger partial charge in [-0.15, -0.1) is 0 Å². The third-order valence-corrected chi connectivity index (χ3v) is 5.94. The molecule has 6 heteroatoms. The molecule has 0 amide bonds. The molecule has 0 aliphatic carbocycles. The van der Waals surface area contributed by atoms with Gasteiger partial charge in [0.1, 0.15) is 0 Å². The van der Waals surface area contributed by atoms with Gasteiger partial charge in [-0.2, -0.15) is 0 Å². The molecule has 113 valence electrons. The zero-order chi connectivity index (χ0) is 16.4. The van der Waals surface area contributed by atoms with Gasteiger partial charge in [0, 0.05) is 10.8 Å². The van der Waals surface area contributed by atoms with Crippen molar-refractivity contribution in [1.29, 1.82) is 0 Å². The summed E-state index contributed by atoms with van der Waals surface area (Å²) >= 11 is 0. The van der Waals surface area contributed by atoms with Gasteiger partial charge in [0.25, 0.3) is 0 Å². The highest BCUT2D eigenvalue weighted by Crippen LogP contribution is 2.29. The Morgan fingerprint density at radius 1 is 0.864 bits per heavy atom. The van der Waals surface area contributed by atoms with Crippen LogP contribution in [-0.2, 0) is 19.7 Å². The number of benzene rings is 2. The van der Waals surface area contributed by atoms with E-state index in [1.54, 1.807) is 24.3 Å². The lowest BCUT2D eigenvalue weighted by atomic mass is 10.1. The van der Waals surface area contributed by atoms with Gasteiger partial charge >= 0.3 is 0 Å². The van der Waals surface area contributed by atoms with E-state index >= 15 is 0 Å². The van der Waals surface area contributed by atoms with E-state index in [1.165, 1.54) is 18.2 Å². The standard InChI is InChI=1S/C16H13O4S2/c1-3-21(17,18)15-11-10-14(13-8-6-5-7-9-13)12-16(15)22(19,20)4-2/h3-8,10-12H,1-2H2. The zero-order valence-electron chi connectivity index (χ0n) is 11.6. The summed E-state index contributed by atoms with van der Waals surface area (Å²) in [6, 6.07) is 14.0. The highest BCUT2D eigenvalue weighted by atomic mass is 32.2. The van der Waals surface area contributed by atoms with Crippen molar-refractivity contribution < 1.29 is 16.8 Å². The van der Waals surface area contributed by atoms with Crippen molar-refractivity contribution in [2.24, 2.45) is 0 Å². The van der Waals surface area contributed by atoms with Gasteiger partial charge in [0.05, 0.1) is 9.79 Å². The largest absolute Gasteiger partial charge is 0.219 e. The summed E-state index contributed by atoms with van der Waals surface area (Å²) in [5, 5.41) is 1.45. The molecule has 0 saturated carbocycles. The molecule has 0 saturated heterocycles. The van der Waals surface area contributed by atoms with Crippen LogP contribution in [0.3, 0.4) is 0 Å². The van der Waals surface area contributed by atoms with Crippen LogP contribution in [0.2, 0.25) is 0 Å². The molecule has 0 unspecified atom stereocenters.